The molecule has 0 spiro atoms. The highest BCUT2D eigenvalue weighted by Crippen LogP contribution is 2.31. The molecule has 1 unspecified atom stereocenters. The Morgan fingerprint density at radius 2 is 1.76 bits per heavy atom. The summed E-state index contributed by atoms with van der Waals surface area (Å²) in [5.74, 6) is 0.590. The quantitative estimate of drug-likeness (QED) is 0.851. The van der Waals surface area contributed by atoms with Gasteiger partial charge in [0.05, 0.1) is 7.11 Å². The lowest BCUT2D eigenvalue weighted by Crippen LogP contribution is -1.99. The van der Waals surface area contributed by atoms with E-state index in [2.05, 4.69) is 0 Å². The SMILES string of the molecule is COc1ccc(C(O)c2ccccc2)c(O)c1. The molecule has 3 nitrogen and oxygen atoms in total. The van der Waals surface area contributed by atoms with Crippen molar-refractivity contribution in [3.63, 3.8) is 0 Å². The smallest absolute Gasteiger partial charge is 0.125 e. The molecular weight excluding hydrogens is 216 g/mol. The number of ether oxygens (including phenoxy) is 1. The van der Waals surface area contributed by atoms with Gasteiger partial charge in [0.25, 0.3) is 0 Å². The molecule has 0 radical (unpaired) electrons. The van der Waals surface area contributed by atoms with Crippen LogP contribution >= 0.6 is 0 Å². The number of aliphatic hydroxyl groups excluding tert-OH is 1. The minimum absolute atomic E-state index is 0.0284. The van der Waals surface area contributed by atoms with Crippen LogP contribution in [0.1, 0.15) is 17.2 Å². The first-order valence-electron chi connectivity index (χ1n) is 5.32. The Hall–Kier alpha value is -2.00. The fraction of sp³-hybridized carbons (Fsp3) is 0.143. The largest absolute Gasteiger partial charge is 0.507 e. The van der Waals surface area contributed by atoms with Crippen molar-refractivity contribution in [2.24, 2.45) is 0 Å². The van der Waals surface area contributed by atoms with Crippen LogP contribution in [0.5, 0.6) is 11.5 Å². The number of hydrogen-bond acceptors (Lipinski definition) is 3. The first-order valence-corrected chi connectivity index (χ1v) is 5.32. The van der Waals surface area contributed by atoms with Crippen LogP contribution in [0.4, 0.5) is 0 Å². The summed E-state index contributed by atoms with van der Waals surface area (Å²) in [6.07, 6.45) is -0.831. The van der Waals surface area contributed by atoms with E-state index in [-0.39, 0.29) is 5.75 Å². The van der Waals surface area contributed by atoms with Gasteiger partial charge in [-0.2, -0.15) is 0 Å². The molecule has 2 aromatic rings. The van der Waals surface area contributed by atoms with Gasteiger partial charge in [-0.1, -0.05) is 30.3 Å². The second-order valence-electron chi connectivity index (χ2n) is 3.74. The van der Waals surface area contributed by atoms with E-state index in [1.54, 1.807) is 12.1 Å². The predicted molar refractivity (Wildman–Crippen MR) is 65.2 cm³/mol. The van der Waals surface area contributed by atoms with Gasteiger partial charge in [0.1, 0.15) is 17.6 Å². The van der Waals surface area contributed by atoms with Gasteiger partial charge in [0, 0.05) is 11.6 Å². The molecule has 0 saturated carbocycles. The highest BCUT2D eigenvalue weighted by Gasteiger charge is 2.14. The minimum atomic E-state index is -0.831. The van der Waals surface area contributed by atoms with Gasteiger partial charge in [-0.05, 0) is 17.7 Å². The van der Waals surface area contributed by atoms with Crippen molar-refractivity contribution in [2.45, 2.75) is 6.10 Å². The minimum Gasteiger partial charge on any atom is -0.507 e. The lowest BCUT2D eigenvalue weighted by molar-refractivity contribution is 0.215. The number of hydrogen-bond donors (Lipinski definition) is 2. The Morgan fingerprint density at radius 3 is 2.35 bits per heavy atom. The third-order valence-electron chi connectivity index (χ3n) is 2.65. The molecule has 0 fully saturated rings. The van der Waals surface area contributed by atoms with Gasteiger partial charge >= 0.3 is 0 Å². The maximum atomic E-state index is 10.1. The lowest BCUT2D eigenvalue weighted by Gasteiger charge is -2.13. The number of aliphatic hydroxyl groups is 1. The van der Waals surface area contributed by atoms with Crippen LogP contribution in [0.2, 0.25) is 0 Å². The maximum absolute atomic E-state index is 10.1. The van der Waals surface area contributed by atoms with Crippen molar-refractivity contribution in [3.05, 3.63) is 59.7 Å². The second-order valence-corrected chi connectivity index (χ2v) is 3.74. The topological polar surface area (TPSA) is 49.7 Å². The number of rotatable bonds is 3. The summed E-state index contributed by atoms with van der Waals surface area (Å²) >= 11 is 0. The fourth-order valence-electron chi connectivity index (χ4n) is 1.70. The average Bonchev–Trinajstić information content (AvgIpc) is 2.39. The van der Waals surface area contributed by atoms with Gasteiger partial charge in [-0.3, -0.25) is 0 Å². The summed E-state index contributed by atoms with van der Waals surface area (Å²) in [7, 11) is 1.53. The first-order chi connectivity index (χ1) is 8.22. The van der Waals surface area contributed by atoms with Gasteiger partial charge in [-0.25, -0.2) is 0 Å². The van der Waals surface area contributed by atoms with Crippen molar-refractivity contribution in [1.29, 1.82) is 0 Å². The molecule has 1 atom stereocenters. The summed E-state index contributed by atoms with van der Waals surface area (Å²) in [5.41, 5.74) is 1.21. The summed E-state index contributed by atoms with van der Waals surface area (Å²) in [6.45, 7) is 0. The van der Waals surface area contributed by atoms with Crippen molar-refractivity contribution in [1.82, 2.24) is 0 Å². The van der Waals surface area contributed by atoms with E-state index in [9.17, 15) is 10.2 Å². The number of aromatic hydroxyl groups is 1. The molecule has 2 N–H and O–H groups in total. The molecule has 2 aromatic carbocycles. The zero-order valence-corrected chi connectivity index (χ0v) is 9.50. The number of benzene rings is 2. The van der Waals surface area contributed by atoms with Crippen LogP contribution in [0.15, 0.2) is 48.5 Å². The van der Waals surface area contributed by atoms with E-state index in [1.807, 2.05) is 30.3 Å². The normalized spacial score (nSPS) is 12.1. The van der Waals surface area contributed by atoms with E-state index in [0.29, 0.717) is 11.3 Å². The maximum Gasteiger partial charge on any atom is 0.125 e. The van der Waals surface area contributed by atoms with E-state index in [1.165, 1.54) is 13.2 Å². The number of phenolic OH excluding ortho intramolecular Hbond substituents is 1. The molecule has 0 bridgehead atoms. The fourth-order valence-corrected chi connectivity index (χ4v) is 1.70. The Bertz CT molecular complexity index is 494. The Balaban J connectivity index is 2.34. The monoisotopic (exact) mass is 230 g/mol. The molecule has 88 valence electrons. The molecule has 0 saturated heterocycles. The number of phenols is 1. The van der Waals surface area contributed by atoms with Crippen LogP contribution in [0.3, 0.4) is 0 Å². The molecular formula is C14H14O3. The van der Waals surface area contributed by atoms with Crippen LogP contribution < -0.4 is 4.74 Å². The van der Waals surface area contributed by atoms with Crippen molar-refractivity contribution in [3.8, 4) is 11.5 Å². The van der Waals surface area contributed by atoms with Crippen LogP contribution in [-0.4, -0.2) is 17.3 Å². The van der Waals surface area contributed by atoms with Crippen molar-refractivity contribution >= 4 is 0 Å². The van der Waals surface area contributed by atoms with Gasteiger partial charge in [-0.15, -0.1) is 0 Å². The van der Waals surface area contributed by atoms with Gasteiger partial charge in [0.15, 0.2) is 0 Å². The van der Waals surface area contributed by atoms with Gasteiger partial charge in [0.2, 0.25) is 0 Å². The highest BCUT2D eigenvalue weighted by molar-refractivity contribution is 5.44. The molecule has 0 aliphatic heterocycles. The Labute approximate surface area is 99.9 Å². The van der Waals surface area contributed by atoms with E-state index in [0.717, 1.165) is 5.56 Å². The first kappa shape index (κ1) is 11.5. The second kappa shape index (κ2) is 4.89. The van der Waals surface area contributed by atoms with Crippen LogP contribution in [-0.2, 0) is 0 Å². The zero-order chi connectivity index (χ0) is 12.3. The third-order valence-corrected chi connectivity index (χ3v) is 2.65. The lowest BCUT2D eigenvalue weighted by atomic mass is 10.0. The van der Waals surface area contributed by atoms with Crippen LogP contribution in [0, 0.1) is 0 Å². The molecule has 0 amide bonds. The molecule has 2 rings (SSSR count). The van der Waals surface area contributed by atoms with Crippen molar-refractivity contribution in [2.75, 3.05) is 7.11 Å². The highest BCUT2D eigenvalue weighted by atomic mass is 16.5. The van der Waals surface area contributed by atoms with E-state index < -0.39 is 6.10 Å². The summed E-state index contributed by atoms with van der Waals surface area (Å²) in [6, 6.07) is 14.1. The zero-order valence-electron chi connectivity index (χ0n) is 9.50. The molecule has 17 heavy (non-hydrogen) atoms. The summed E-state index contributed by atoms with van der Waals surface area (Å²) in [5, 5.41) is 19.9. The Morgan fingerprint density at radius 1 is 1.06 bits per heavy atom. The predicted octanol–water partition coefficient (Wildman–Crippen LogP) is 2.48. The molecule has 0 aliphatic carbocycles. The Kier molecular flexibility index (Phi) is 3.30. The van der Waals surface area contributed by atoms with E-state index >= 15 is 0 Å². The summed E-state index contributed by atoms with van der Waals surface area (Å²) < 4.78 is 4.99. The third kappa shape index (κ3) is 2.40. The molecule has 3 heteroatoms. The number of methoxy groups -OCH3 is 1. The summed E-state index contributed by atoms with van der Waals surface area (Å²) in [4.78, 5) is 0. The standard InChI is InChI=1S/C14H14O3/c1-17-11-7-8-12(13(15)9-11)14(16)10-5-3-2-4-6-10/h2-9,14-16H,1H3. The van der Waals surface area contributed by atoms with E-state index in [4.69, 9.17) is 4.74 Å². The average molecular weight is 230 g/mol. The molecule has 0 heterocycles. The van der Waals surface area contributed by atoms with Crippen LogP contribution in [0.25, 0.3) is 0 Å². The molecule has 0 aromatic heterocycles. The van der Waals surface area contributed by atoms with Gasteiger partial charge < -0.3 is 14.9 Å². The van der Waals surface area contributed by atoms with Crippen molar-refractivity contribution < 1.29 is 14.9 Å². The molecule has 0 aliphatic rings.